The second-order valence-electron chi connectivity index (χ2n) is 6.02. The van der Waals surface area contributed by atoms with Crippen LogP contribution in [0.5, 0.6) is 0 Å². The zero-order chi connectivity index (χ0) is 20.0. The molecule has 5 nitrogen and oxygen atoms in total. The Morgan fingerprint density at radius 2 is 1.92 bits per heavy atom. The van der Waals surface area contributed by atoms with E-state index in [4.69, 9.17) is 6.42 Å². The van der Waals surface area contributed by atoms with Crippen molar-refractivity contribution in [3.8, 4) is 12.3 Å². The van der Waals surface area contributed by atoms with Gasteiger partial charge >= 0.3 is 0 Å². The fourth-order valence-corrected chi connectivity index (χ4v) is 2.78. The van der Waals surface area contributed by atoms with E-state index in [1.54, 1.807) is 37.6 Å². The minimum atomic E-state index is -0.784. The van der Waals surface area contributed by atoms with Crippen LogP contribution in [0.2, 0.25) is 0 Å². The average Bonchev–Trinajstić information content (AvgIpc) is 2.80. The van der Waals surface area contributed by atoms with Gasteiger partial charge in [0.25, 0.3) is 11.7 Å². The van der Waals surface area contributed by atoms with Crippen molar-refractivity contribution >= 4 is 17.5 Å². The molecule has 0 aliphatic rings. The minimum Gasteiger partial charge on any atom is -0.345 e. The van der Waals surface area contributed by atoms with Crippen LogP contribution in [-0.4, -0.2) is 28.6 Å². The lowest BCUT2D eigenvalue weighted by atomic mass is 9.98. The highest BCUT2D eigenvalue weighted by atomic mass is 16.2. The molecule has 0 aromatic carbocycles. The van der Waals surface area contributed by atoms with Crippen LogP contribution in [0.4, 0.5) is 0 Å². The predicted molar refractivity (Wildman–Crippen MR) is 103 cm³/mol. The third kappa shape index (κ3) is 4.28. The highest BCUT2D eigenvalue weighted by Crippen LogP contribution is 2.25. The van der Waals surface area contributed by atoms with Crippen LogP contribution in [0.15, 0.2) is 36.5 Å². The molecule has 5 heteroatoms. The van der Waals surface area contributed by atoms with E-state index >= 15 is 0 Å². The summed E-state index contributed by atoms with van der Waals surface area (Å²) in [5.41, 5.74) is 3.20. The SMILES string of the molecule is C#CCNC(=O)C(=O)c1c(C)c(C(=O)C/C(=C/C=C)C(=C)C)n(C)c1C. The molecule has 26 heavy (non-hydrogen) atoms. The van der Waals surface area contributed by atoms with Gasteiger partial charge in [0.15, 0.2) is 5.78 Å². The number of rotatable bonds is 8. The molecule has 0 spiro atoms. The van der Waals surface area contributed by atoms with E-state index in [1.165, 1.54) is 0 Å². The third-order valence-electron chi connectivity index (χ3n) is 4.20. The first kappa shape index (κ1) is 20.9. The van der Waals surface area contributed by atoms with E-state index in [1.807, 2.05) is 6.92 Å². The van der Waals surface area contributed by atoms with Crippen LogP contribution in [0.25, 0.3) is 0 Å². The zero-order valence-electron chi connectivity index (χ0n) is 15.7. The lowest BCUT2D eigenvalue weighted by Gasteiger charge is -2.08. The number of aromatic nitrogens is 1. The smallest absolute Gasteiger partial charge is 0.293 e. The number of allylic oxidation sites excluding steroid dienone is 4. The number of hydrogen-bond donors (Lipinski definition) is 1. The van der Waals surface area contributed by atoms with E-state index in [0.29, 0.717) is 17.0 Å². The van der Waals surface area contributed by atoms with Crippen molar-refractivity contribution in [3.63, 3.8) is 0 Å². The van der Waals surface area contributed by atoms with E-state index in [0.717, 1.165) is 11.1 Å². The van der Waals surface area contributed by atoms with Crippen molar-refractivity contribution in [1.29, 1.82) is 0 Å². The summed E-state index contributed by atoms with van der Waals surface area (Å²) in [6, 6.07) is 0. The van der Waals surface area contributed by atoms with Gasteiger partial charge in [0, 0.05) is 19.2 Å². The topological polar surface area (TPSA) is 68.2 Å². The first-order valence-corrected chi connectivity index (χ1v) is 8.09. The van der Waals surface area contributed by atoms with Gasteiger partial charge in [0.05, 0.1) is 17.8 Å². The summed E-state index contributed by atoms with van der Waals surface area (Å²) < 4.78 is 1.64. The summed E-state index contributed by atoms with van der Waals surface area (Å²) in [6.45, 7) is 12.7. The van der Waals surface area contributed by atoms with Crippen LogP contribution < -0.4 is 5.32 Å². The molecule has 1 aromatic heterocycles. The van der Waals surface area contributed by atoms with Crippen molar-refractivity contribution in [2.45, 2.75) is 27.2 Å². The molecule has 0 aliphatic carbocycles. The number of terminal acetylenes is 1. The van der Waals surface area contributed by atoms with Crippen molar-refractivity contribution in [3.05, 3.63) is 59.0 Å². The molecule has 0 fully saturated rings. The Morgan fingerprint density at radius 3 is 2.42 bits per heavy atom. The molecule has 1 aromatic rings. The maximum atomic E-state index is 12.8. The molecular weight excluding hydrogens is 328 g/mol. The minimum absolute atomic E-state index is 0.0321. The lowest BCUT2D eigenvalue weighted by molar-refractivity contribution is -0.116. The molecule has 136 valence electrons. The summed E-state index contributed by atoms with van der Waals surface area (Å²) in [6.07, 6.45) is 8.57. The average molecular weight is 352 g/mol. The molecule has 1 N–H and O–H groups in total. The van der Waals surface area contributed by atoms with Gasteiger partial charge in [0.2, 0.25) is 0 Å². The van der Waals surface area contributed by atoms with Crippen LogP contribution >= 0.6 is 0 Å². The first-order valence-electron chi connectivity index (χ1n) is 8.09. The summed E-state index contributed by atoms with van der Waals surface area (Å²) in [5.74, 6) is 0.601. The summed E-state index contributed by atoms with van der Waals surface area (Å²) in [7, 11) is 1.70. The van der Waals surface area contributed by atoms with E-state index < -0.39 is 11.7 Å². The van der Waals surface area contributed by atoms with Gasteiger partial charge in [-0.15, -0.1) is 6.42 Å². The second-order valence-corrected chi connectivity index (χ2v) is 6.02. The van der Waals surface area contributed by atoms with Gasteiger partial charge < -0.3 is 9.88 Å². The maximum Gasteiger partial charge on any atom is 0.293 e. The number of nitrogens with one attached hydrogen (secondary N) is 1. The molecule has 1 amide bonds. The molecule has 0 saturated heterocycles. The van der Waals surface area contributed by atoms with Crippen LogP contribution in [0, 0.1) is 26.2 Å². The number of carbonyl (C=O) groups excluding carboxylic acids is 3. The molecule has 1 rings (SSSR count). The van der Waals surface area contributed by atoms with Crippen molar-refractivity contribution in [2.24, 2.45) is 7.05 Å². The molecule has 0 radical (unpaired) electrons. The summed E-state index contributed by atoms with van der Waals surface area (Å²) >= 11 is 0. The monoisotopic (exact) mass is 352 g/mol. The van der Waals surface area contributed by atoms with Crippen LogP contribution in [0.3, 0.4) is 0 Å². The Balaban J connectivity index is 3.30. The van der Waals surface area contributed by atoms with Crippen LogP contribution in [0.1, 0.15) is 45.4 Å². The number of nitrogens with zero attached hydrogens (tertiary/aromatic N) is 1. The normalized spacial score (nSPS) is 10.8. The van der Waals surface area contributed by atoms with Gasteiger partial charge in [-0.2, -0.15) is 0 Å². The predicted octanol–water partition coefficient (Wildman–Crippen LogP) is 2.84. The maximum absolute atomic E-state index is 12.8. The molecule has 0 saturated carbocycles. The number of ketones is 2. The quantitative estimate of drug-likeness (QED) is 0.339. The molecule has 0 bridgehead atoms. The first-order chi connectivity index (χ1) is 12.2. The zero-order valence-corrected chi connectivity index (χ0v) is 15.7. The number of carbonyl (C=O) groups is 3. The Hall–Kier alpha value is -3.13. The third-order valence-corrected chi connectivity index (χ3v) is 4.20. The molecule has 0 atom stereocenters. The van der Waals surface area contributed by atoms with Crippen molar-refractivity contribution in [2.75, 3.05) is 6.54 Å². The van der Waals surface area contributed by atoms with E-state index in [9.17, 15) is 14.4 Å². The highest BCUT2D eigenvalue weighted by Gasteiger charge is 2.28. The Labute approximate surface area is 154 Å². The van der Waals surface area contributed by atoms with E-state index in [-0.39, 0.29) is 24.3 Å². The Morgan fingerprint density at radius 1 is 1.31 bits per heavy atom. The summed E-state index contributed by atoms with van der Waals surface area (Å²) in [4.78, 5) is 37.3. The molecule has 0 aliphatic heterocycles. The lowest BCUT2D eigenvalue weighted by Crippen LogP contribution is -2.31. The van der Waals surface area contributed by atoms with Gasteiger partial charge in [0.1, 0.15) is 0 Å². The number of hydrogen-bond acceptors (Lipinski definition) is 3. The van der Waals surface area contributed by atoms with Gasteiger partial charge in [-0.3, -0.25) is 14.4 Å². The fourth-order valence-electron chi connectivity index (χ4n) is 2.78. The Kier molecular flexibility index (Phi) is 7.09. The van der Waals surface area contributed by atoms with Gasteiger partial charge in [-0.25, -0.2) is 0 Å². The van der Waals surface area contributed by atoms with Gasteiger partial charge in [-0.1, -0.05) is 36.8 Å². The molecule has 1 heterocycles. The largest absolute Gasteiger partial charge is 0.345 e. The van der Waals surface area contributed by atoms with E-state index in [2.05, 4.69) is 24.4 Å². The molecule has 0 unspecified atom stereocenters. The molecular formula is C21H24N2O3. The summed E-state index contributed by atoms with van der Waals surface area (Å²) in [5, 5.41) is 2.36. The second kappa shape index (κ2) is 8.82. The highest BCUT2D eigenvalue weighted by molar-refractivity contribution is 6.43. The van der Waals surface area contributed by atoms with Crippen molar-refractivity contribution < 1.29 is 14.4 Å². The number of amides is 1. The van der Waals surface area contributed by atoms with Gasteiger partial charge in [-0.05, 0) is 31.9 Å². The standard InChI is InChI=1S/C21H24N2O3/c1-8-10-16(13(3)4)12-17(24)19-14(5)18(15(6)23(19)7)20(25)21(26)22-11-9-2/h2,8,10H,1,3,11-12H2,4-7H3,(H,22,26)/b16-10-. The van der Waals surface area contributed by atoms with Crippen molar-refractivity contribution in [1.82, 2.24) is 9.88 Å². The van der Waals surface area contributed by atoms with Crippen LogP contribution in [-0.2, 0) is 11.8 Å². The fraction of sp³-hybridized carbons (Fsp3) is 0.286. The number of Topliss-reactive ketones (excluding diaryl/α,β-unsaturated/α-hetero) is 2. The Bertz CT molecular complexity index is 861.